The number of nitrogens with zero attached hydrogens (tertiary/aromatic N) is 2. The summed E-state index contributed by atoms with van der Waals surface area (Å²) < 4.78 is 5.82. The standard InChI is InChI=1S/C17H20ClN3O3S/c18-15-4-3-13(25-15)12-20-7-9-21(10-8-20)16(22)5-6-19-17(23)14-2-1-11-24-14/h1-4,11H,5-10,12H2,(H,19,23). The first-order valence-corrected chi connectivity index (χ1v) is 9.37. The first-order valence-electron chi connectivity index (χ1n) is 8.18. The lowest BCUT2D eigenvalue weighted by molar-refractivity contribution is -0.132. The molecule has 0 radical (unpaired) electrons. The van der Waals surface area contributed by atoms with E-state index < -0.39 is 0 Å². The van der Waals surface area contributed by atoms with E-state index in [0.717, 1.165) is 24.0 Å². The van der Waals surface area contributed by atoms with E-state index in [1.807, 2.05) is 17.0 Å². The molecule has 2 aromatic rings. The summed E-state index contributed by atoms with van der Waals surface area (Å²) in [5, 5.41) is 2.70. The minimum absolute atomic E-state index is 0.0681. The van der Waals surface area contributed by atoms with Crippen molar-refractivity contribution in [2.24, 2.45) is 0 Å². The number of piperazine rings is 1. The molecule has 0 unspecified atom stereocenters. The van der Waals surface area contributed by atoms with Gasteiger partial charge in [-0.15, -0.1) is 11.3 Å². The molecule has 1 fully saturated rings. The van der Waals surface area contributed by atoms with Crippen LogP contribution in [0.25, 0.3) is 0 Å². The average molecular weight is 382 g/mol. The molecule has 0 aromatic carbocycles. The first kappa shape index (κ1) is 18.0. The van der Waals surface area contributed by atoms with Crippen LogP contribution in [0.1, 0.15) is 21.9 Å². The van der Waals surface area contributed by atoms with Crippen LogP contribution in [0.4, 0.5) is 0 Å². The smallest absolute Gasteiger partial charge is 0.286 e. The SMILES string of the molecule is O=C(NCCC(=O)N1CCN(Cc2ccc(Cl)s2)CC1)c1ccco1. The lowest BCUT2D eigenvalue weighted by Crippen LogP contribution is -2.48. The van der Waals surface area contributed by atoms with Gasteiger partial charge < -0.3 is 14.6 Å². The Bertz CT molecular complexity index is 709. The van der Waals surface area contributed by atoms with Crippen LogP contribution in [-0.2, 0) is 11.3 Å². The first-order chi connectivity index (χ1) is 12.1. The molecule has 6 nitrogen and oxygen atoms in total. The summed E-state index contributed by atoms with van der Waals surface area (Å²) in [7, 11) is 0. The van der Waals surface area contributed by atoms with Crippen molar-refractivity contribution in [1.82, 2.24) is 15.1 Å². The molecule has 8 heteroatoms. The predicted octanol–water partition coefficient (Wildman–Crippen LogP) is 2.46. The van der Waals surface area contributed by atoms with Crippen molar-refractivity contribution >= 4 is 34.8 Å². The van der Waals surface area contributed by atoms with Crippen LogP contribution in [0.15, 0.2) is 34.9 Å². The Hall–Kier alpha value is -1.83. The Morgan fingerprint density at radius 2 is 2.00 bits per heavy atom. The van der Waals surface area contributed by atoms with Crippen LogP contribution in [0.3, 0.4) is 0 Å². The number of amides is 2. The number of carbonyl (C=O) groups is 2. The Labute approximate surface area is 155 Å². The summed E-state index contributed by atoms with van der Waals surface area (Å²) in [5.74, 6) is 0.0329. The Morgan fingerprint density at radius 3 is 2.64 bits per heavy atom. The molecule has 1 aliphatic rings. The lowest BCUT2D eigenvalue weighted by Gasteiger charge is -2.34. The number of halogens is 1. The number of thiophene rings is 1. The van der Waals surface area contributed by atoms with Crippen molar-refractivity contribution in [3.8, 4) is 0 Å². The third kappa shape index (κ3) is 5.07. The van der Waals surface area contributed by atoms with E-state index in [0.29, 0.717) is 26.1 Å². The Balaban J connectivity index is 1.36. The van der Waals surface area contributed by atoms with Crippen molar-refractivity contribution in [3.63, 3.8) is 0 Å². The Morgan fingerprint density at radius 1 is 1.20 bits per heavy atom. The van der Waals surface area contributed by atoms with E-state index in [1.54, 1.807) is 23.5 Å². The third-order valence-corrected chi connectivity index (χ3v) is 5.32. The topological polar surface area (TPSA) is 65.8 Å². The maximum absolute atomic E-state index is 12.3. The van der Waals surface area contributed by atoms with Crippen molar-refractivity contribution in [2.75, 3.05) is 32.7 Å². The number of hydrogen-bond donors (Lipinski definition) is 1. The van der Waals surface area contributed by atoms with Gasteiger partial charge in [0.1, 0.15) is 0 Å². The summed E-state index contributed by atoms with van der Waals surface area (Å²) >= 11 is 7.55. The highest BCUT2D eigenvalue weighted by Crippen LogP contribution is 2.23. The van der Waals surface area contributed by atoms with Crippen molar-refractivity contribution in [1.29, 1.82) is 0 Å². The molecular weight excluding hydrogens is 362 g/mol. The van der Waals surface area contributed by atoms with Gasteiger partial charge in [-0.3, -0.25) is 14.5 Å². The molecule has 134 valence electrons. The fraction of sp³-hybridized carbons (Fsp3) is 0.412. The van der Waals surface area contributed by atoms with Gasteiger partial charge in [0.25, 0.3) is 5.91 Å². The van der Waals surface area contributed by atoms with Gasteiger partial charge in [0.05, 0.1) is 10.6 Å². The molecule has 0 atom stereocenters. The van der Waals surface area contributed by atoms with Gasteiger partial charge in [-0.1, -0.05) is 11.6 Å². The summed E-state index contributed by atoms with van der Waals surface area (Å²) in [6.07, 6.45) is 1.75. The summed E-state index contributed by atoms with van der Waals surface area (Å²) in [6.45, 7) is 4.30. The monoisotopic (exact) mass is 381 g/mol. The summed E-state index contributed by atoms with van der Waals surface area (Å²) in [4.78, 5) is 29.4. The highest BCUT2D eigenvalue weighted by Gasteiger charge is 2.21. The van der Waals surface area contributed by atoms with Crippen LogP contribution < -0.4 is 5.32 Å². The second kappa shape index (κ2) is 8.51. The highest BCUT2D eigenvalue weighted by atomic mass is 35.5. The van der Waals surface area contributed by atoms with E-state index in [9.17, 15) is 9.59 Å². The fourth-order valence-electron chi connectivity index (χ4n) is 2.75. The molecule has 1 aliphatic heterocycles. The maximum Gasteiger partial charge on any atom is 0.286 e. The third-order valence-electron chi connectivity index (χ3n) is 4.10. The van der Waals surface area contributed by atoms with E-state index in [-0.39, 0.29) is 17.6 Å². The maximum atomic E-state index is 12.3. The number of nitrogens with one attached hydrogen (secondary N) is 1. The molecule has 2 amide bonds. The number of hydrogen-bond acceptors (Lipinski definition) is 5. The van der Waals surface area contributed by atoms with E-state index in [1.165, 1.54) is 11.1 Å². The van der Waals surface area contributed by atoms with Crippen molar-refractivity contribution in [3.05, 3.63) is 45.5 Å². The zero-order chi connectivity index (χ0) is 17.6. The van der Waals surface area contributed by atoms with Gasteiger partial charge in [0, 0.05) is 50.6 Å². The predicted molar refractivity (Wildman–Crippen MR) is 96.8 cm³/mol. The van der Waals surface area contributed by atoms with Crippen LogP contribution in [0.5, 0.6) is 0 Å². The quantitative estimate of drug-likeness (QED) is 0.834. The molecular formula is C17H20ClN3O3S. The lowest BCUT2D eigenvalue weighted by atomic mass is 10.2. The molecule has 0 aliphatic carbocycles. The van der Waals surface area contributed by atoms with Crippen LogP contribution in [-0.4, -0.2) is 54.3 Å². The molecule has 0 bridgehead atoms. The minimum atomic E-state index is -0.294. The zero-order valence-electron chi connectivity index (χ0n) is 13.7. The normalized spacial score (nSPS) is 15.3. The van der Waals surface area contributed by atoms with Crippen molar-refractivity contribution < 1.29 is 14.0 Å². The van der Waals surface area contributed by atoms with E-state index in [2.05, 4.69) is 10.2 Å². The fourth-order valence-corrected chi connectivity index (χ4v) is 3.88. The zero-order valence-corrected chi connectivity index (χ0v) is 15.3. The number of furan rings is 1. The highest BCUT2D eigenvalue weighted by molar-refractivity contribution is 7.16. The van der Waals surface area contributed by atoms with Gasteiger partial charge in [0.15, 0.2) is 5.76 Å². The minimum Gasteiger partial charge on any atom is -0.459 e. The summed E-state index contributed by atoms with van der Waals surface area (Å²) in [5.41, 5.74) is 0. The van der Waals surface area contributed by atoms with Gasteiger partial charge in [-0.05, 0) is 24.3 Å². The van der Waals surface area contributed by atoms with E-state index in [4.69, 9.17) is 16.0 Å². The average Bonchev–Trinajstić information content (AvgIpc) is 3.27. The molecule has 1 N–H and O–H groups in total. The molecule has 1 saturated heterocycles. The van der Waals surface area contributed by atoms with Gasteiger partial charge in [-0.2, -0.15) is 0 Å². The van der Waals surface area contributed by atoms with Gasteiger partial charge in [-0.25, -0.2) is 0 Å². The molecule has 0 spiro atoms. The van der Waals surface area contributed by atoms with Gasteiger partial charge in [0.2, 0.25) is 5.91 Å². The van der Waals surface area contributed by atoms with Gasteiger partial charge >= 0.3 is 0 Å². The van der Waals surface area contributed by atoms with Crippen LogP contribution in [0, 0.1) is 0 Å². The summed E-state index contributed by atoms with van der Waals surface area (Å²) in [6, 6.07) is 7.21. The number of carbonyl (C=O) groups excluding carboxylic acids is 2. The largest absolute Gasteiger partial charge is 0.459 e. The molecule has 3 heterocycles. The van der Waals surface area contributed by atoms with Crippen LogP contribution in [0.2, 0.25) is 4.34 Å². The molecule has 2 aromatic heterocycles. The van der Waals surface area contributed by atoms with Crippen molar-refractivity contribution in [2.45, 2.75) is 13.0 Å². The second-order valence-corrected chi connectivity index (χ2v) is 7.65. The second-order valence-electron chi connectivity index (χ2n) is 5.85. The Kier molecular flexibility index (Phi) is 6.12. The van der Waals surface area contributed by atoms with E-state index >= 15 is 0 Å². The van der Waals surface area contributed by atoms with Crippen LogP contribution >= 0.6 is 22.9 Å². The molecule has 3 rings (SSSR count). The molecule has 0 saturated carbocycles. The molecule has 25 heavy (non-hydrogen) atoms. The number of rotatable bonds is 6.